The zero-order valence-electron chi connectivity index (χ0n) is 14.9. The zero-order chi connectivity index (χ0) is 18.6. The molecule has 6 heteroatoms. The molecule has 1 aliphatic carbocycles. The van der Waals surface area contributed by atoms with Crippen LogP contribution >= 0.6 is 0 Å². The highest BCUT2D eigenvalue weighted by Crippen LogP contribution is 2.25. The Balaban J connectivity index is 1.67. The number of nitrogens with one attached hydrogen (secondary N) is 2. The Morgan fingerprint density at radius 1 is 0.962 bits per heavy atom. The number of sulfonamides is 1. The van der Waals surface area contributed by atoms with Crippen molar-refractivity contribution in [3.8, 4) is 0 Å². The number of benzene rings is 2. The lowest BCUT2D eigenvalue weighted by Crippen LogP contribution is -2.24. The van der Waals surface area contributed by atoms with Gasteiger partial charge < -0.3 is 5.32 Å². The van der Waals surface area contributed by atoms with Crippen molar-refractivity contribution in [1.29, 1.82) is 0 Å². The fraction of sp³-hybridized carbons (Fsp3) is 0.350. The molecule has 5 nitrogen and oxygen atoms in total. The largest absolute Gasteiger partial charge is 0.326 e. The van der Waals surface area contributed by atoms with Gasteiger partial charge in [0.05, 0.1) is 4.90 Å². The van der Waals surface area contributed by atoms with E-state index in [1.54, 1.807) is 30.3 Å². The monoisotopic (exact) mass is 372 g/mol. The highest BCUT2D eigenvalue weighted by atomic mass is 32.2. The van der Waals surface area contributed by atoms with Crippen molar-refractivity contribution in [3.05, 3.63) is 54.1 Å². The first-order valence-electron chi connectivity index (χ1n) is 8.94. The molecule has 2 aromatic rings. The molecule has 1 fully saturated rings. The van der Waals surface area contributed by atoms with Crippen molar-refractivity contribution >= 4 is 27.3 Å². The molecule has 0 saturated heterocycles. The van der Waals surface area contributed by atoms with E-state index in [1.807, 2.05) is 13.0 Å². The van der Waals surface area contributed by atoms with E-state index in [1.165, 1.54) is 18.6 Å². The van der Waals surface area contributed by atoms with Gasteiger partial charge in [-0.3, -0.25) is 9.52 Å². The quantitative estimate of drug-likeness (QED) is 0.821. The van der Waals surface area contributed by atoms with Crippen molar-refractivity contribution in [3.63, 3.8) is 0 Å². The number of anilines is 2. The predicted molar refractivity (Wildman–Crippen MR) is 104 cm³/mol. The molecule has 0 aromatic heterocycles. The molecule has 1 amide bonds. The van der Waals surface area contributed by atoms with Gasteiger partial charge in [0.2, 0.25) is 5.91 Å². The maximum absolute atomic E-state index is 12.5. The highest BCUT2D eigenvalue weighted by Gasteiger charge is 2.21. The molecule has 2 N–H and O–H groups in total. The SMILES string of the molecule is Cc1cccc(NS(=O)(=O)c2ccc(NC(=O)C3CCCCC3)cc2)c1. The van der Waals surface area contributed by atoms with Gasteiger partial charge in [0.1, 0.15) is 0 Å². The number of carbonyl (C=O) groups is 1. The van der Waals surface area contributed by atoms with Gasteiger partial charge in [0, 0.05) is 17.3 Å². The van der Waals surface area contributed by atoms with Crippen LogP contribution in [0.1, 0.15) is 37.7 Å². The van der Waals surface area contributed by atoms with E-state index in [4.69, 9.17) is 0 Å². The van der Waals surface area contributed by atoms with Crippen LogP contribution in [0.2, 0.25) is 0 Å². The minimum Gasteiger partial charge on any atom is -0.326 e. The Labute approximate surface area is 154 Å². The average Bonchev–Trinajstić information content (AvgIpc) is 2.62. The van der Waals surface area contributed by atoms with Crippen LogP contribution in [0.15, 0.2) is 53.4 Å². The van der Waals surface area contributed by atoms with Crippen LogP contribution in [0.25, 0.3) is 0 Å². The van der Waals surface area contributed by atoms with E-state index in [0.717, 1.165) is 31.2 Å². The number of rotatable bonds is 5. The summed E-state index contributed by atoms with van der Waals surface area (Å²) in [6.07, 6.45) is 5.25. The molecular formula is C20H24N2O3S. The minimum absolute atomic E-state index is 0.0261. The van der Waals surface area contributed by atoms with Gasteiger partial charge in [0.25, 0.3) is 10.0 Å². The summed E-state index contributed by atoms with van der Waals surface area (Å²) in [5, 5.41) is 2.89. The molecule has 1 saturated carbocycles. The van der Waals surface area contributed by atoms with Crippen LogP contribution in [-0.4, -0.2) is 14.3 Å². The van der Waals surface area contributed by atoms with E-state index < -0.39 is 10.0 Å². The highest BCUT2D eigenvalue weighted by molar-refractivity contribution is 7.92. The molecule has 0 unspecified atom stereocenters. The first-order valence-corrected chi connectivity index (χ1v) is 10.4. The van der Waals surface area contributed by atoms with E-state index in [9.17, 15) is 13.2 Å². The maximum atomic E-state index is 12.5. The molecule has 26 heavy (non-hydrogen) atoms. The molecular weight excluding hydrogens is 348 g/mol. The predicted octanol–water partition coefficient (Wildman–Crippen LogP) is 4.31. The van der Waals surface area contributed by atoms with Gasteiger partial charge >= 0.3 is 0 Å². The first kappa shape index (κ1) is 18.5. The van der Waals surface area contributed by atoms with Gasteiger partial charge in [-0.05, 0) is 61.7 Å². The fourth-order valence-electron chi connectivity index (χ4n) is 3.25. The summed E-state index contributed by atoms with van der Waals surface area (Å²) in [7, 11) is -3.66. The molecule has 0 radical (unpaired) electrons. The fourth-order valence-corrected chi connectivity index (χ4v) is 4.30. The van der Waals surface area contributed by atoms with E-state index in [-0.39, 0.29) is 16.7 Å². The van der Waals surface area contributed by atoms with E-state index in [2.05, 4.69) is 10.0 Å². The van der Waals surface area contributed by atoms with Crippen LogP contribution in [-0.2, 0) is 14.8 Å². The van der Waals surface area contributed by atoms with Gasteiger partial charge in [-0.1, -0.05) is 31.4 Å². The van der Waals surface area contributed by atoms with Crippen molar-refractivity contribution in [1.82, 2.24) is 0 Å². The lowest BCUT2D eigenvalue weighted by molar-refractivity contribution is -0.120. The molecule has 0 bridgehead atoms. The molecule has 0 aliphatic heterocycles. The van der Waals surface area contributed by atoms with Crippen molar-refractivity contribution < 1.29 is 13.2 Å². The summed E-state index contributed by atoms with van der Waals surface area (Å²) in [5.74, 6) is 0.0911. The second-order valence-electron chi connectivity index (χ2n) is 6.82. The molecule has 0 heterocycles. The van der Waals surface area contributed by atoms with Gasteiger partial charge in [0.15, 0.2) is 0 Å². The minimum atomic E-state index is -3.66. The number of amides is 1. The molecule has 1 aliphatic rings. The van der Waals surface area contributed by atoms with E-state index in [0.29, 0.717) is 11.4 Å². The molecule has 3 rings (SSSR count). The van der Waals surface area contributed by atoms with E-state index >= 15 is 0 Å². The molecule has 0 spiro atoms. The lowest BCUT2D eigenvalue weighted by atomic mass is 9.88. The average molecular weight is 372 g/mol. The molecule has 2 aromatic carbocycles. The van der Waals surface area contributed by atoms with Gasteiger partial charge in [-0.2, -0.15) is 0 Å². The van der Waals surface area contributed by atoms with Crippen LogP contribution in [0, 0.1) is 12.8 Å². The van der Waals surface area contributed by atoms with Crippen LogP contribution < -0.4 is 10.0 Å². The van der Waals surface area contributed by atoms with Crippen LogP contribution in [0.4, 0.5) is 11.4 Å². The smallest absolute Gasteiger partial charge is 0.261 e. The summed E-state index contributed by atoms with van der Waals surface area (Å²) >= 11 is 0. The normalized spacial score (nSPS) is 15.4. The van der Waals surface area contributed by atoms with Crippen LogP contribution in [0.5, 0.6) is 0 Å². The summed E-state index contributed by atoms with van der Waals surface area (Å²) in [6, 6.07) is 13.5. The summed E-state index contributed by atoms with van der Waals surface area (Å²) in [4.78, 5) is 12.4. The Morgan fingerprint density at radius 3 is 2.31 bits per heavy atom. The number of hydrogen-bond acceptors (Lipinski definition) is 3. The first-order chi connectivity index (χ1) is 12.4. The number of carbonyl (C=O) groups excluding carboxylic acids is 1. The standard InChI is InChI=1S/C20H24N2O3S/c1-15-6-5-9-18(14-15)22-26(24,25)19-12-10-17(11-13-19)21-20(23)16-7-3-2-4-8-16/h5-6,9-14,16,22H,2-4,7-8H2,1H3,(H,21,23). The van der Waals surface area contributed by atoms with Crippen molar-refractivity contribution in [2.45, 2.75) is 43.9 Å². The summed E-state index contributed by atoms with van der Waals surface area (Å²) in [6.45, 7) is 1.90. The summed E-state index contributed by atoms with van der Waals surface area (Å²) in [5.41, 5.74) is 2.13. The van der Waals surface area contributed by atoms with Crippen LogP contribution in [0.3, 0.4) is 0 Å². The van der Waals surface area contributed by atoms with Crippen molar-refractivity contribution in [2.24, 2.45) is 5.92 Å². The topological polar surface area (TPSA) is 75.3 Å². The third-order valence-electron chi connectivity index (χ3n) is 4.68. The molecule has 138 valence electrons. The summed E-state index contributed by atoms with van der Waals surface area (Å²) < 4.78 is 27.6. The lowest BCUT2D eigenvalue weighted by Gasteiger charge is -2.20. The third-order valence-corrected chi connectivity index (χ3v) is 6.08. The van der Waals surface area contributed by atoms with Gasteiger partial charge in [-0.25, -0.2) is 8.42 Å². The maximum Gasteiger partial charge on any atom is 0.261 e. The molecule has 0 atom stereocenters. The van der Waals surface area contributed by atoms with Crippen molar-refractivity contribution in [2.75, 3.05) is 10.0 Å². The number of aryl methyl sites for hydroxylation is 1. The Hall–Kier alpha value is -2.34. The second kappa shape index (κ2) is 7.91. The van der Waals surface area contributed by atoms with Gasteiger partial charge in [-0.15, -0.1) is 0 Å². The second-order valence-corrected chi connectivity index (χ2v) is 8.51. The third kappa shape index (κ3) is 4.64. The Morgan fingerprint density at radius 2 is 1.65 bits per heavy atom. The number of hydrogen-bond donors (Lipinski definition) is 2. The Bertz CT molecular complexity index is 870. The zero-order valence-corrected chi connectivity index (χ0v) is 15.7. The Kier molecular flexibility index (Phi) is 5.61.